The summed E-state index contributed by atoms with van der Waals surface area (Å²) in [6.07, 6.45) is 19.4. The van der Waals surface area contributed by atoms with Crippen molar-refractivity contribution in [3.63, 3.8) is 0 Å². The number of aromatic nitrogens is 4. The highest BCUT2D eigenvalue weighted by Crippen LogP contribution is 2.64. The lowest BCUT2D eigenvalue weighted by Gasteiger charge is -2.54. The number of nitrogen functional groups attached to an aromatic ring is 3. The van der Waals surface area contributed by atoms with Crippen molar-refractivity contribution in [2.24, 2.45) is 29.1 Å². The molecule has 0 bridgehead atoms. The second-order valence-corrected chi connectivity index (χ2v) is 12.3. The molecule has 3 saturated carbocycles. The molecule has 40 heavy (non-hydrogen) atoms. The highest BCUT2D eigenvalue weighted by atomic mass is 16.3. The first kappa shape index (κ1) is 26.5. The maximum absolute atomic E-state index is 10.9. The molecular formula is C32H39N7O. The molecule has 0 amide bonds. The molecule has 3 aromatic rings. The van der Waals surface area contributed by atoms with Gasteiger partial charge in [0.15, 0.2) is 22.8 Å². The van der Waals surface area contributed by atoms with E-state index in [-0.39, 0.29) is 23.0 Å². The van der Waals surface area contributed by atoms with Crippen LogP contribution in [-0.4, -0.2) is 30.6 Å². The molecule has 0 spiro atoms. The molecule has 208 valence electrons. The Kier molecular flexibility index (Phi) is 6.66. The Hall–Kier alpha value is -3.70. The van der Waals surface area contributed by atoms with E-state index in [0.717, 1.165) is 42.6 Å². The van der Waals surface area contributed by atoms with Crippen molar-refractivity contribution in [1.29, 1.82) is 0 Å². The number of hydrogen-bond donors (Lipinski definition) is 4. The van der Waals surface area contributed by atoms with Crippen molar-refractivity contribution in [3.05, 3.63) is 42.0 Å². The molecule has 1 aromatic carbocycles. The summed E-state index contributed by atoms with van der Waals surface area (Å²) >= 11 is 0. The summed E-state index contributed by atoms with van der Waals surface area (Å²) in [6.45, 7) is 2.28. The van der Waals surface area contributed by atoms with E-state index < -0.39 is 5.60 Å². The molecular weight excluding hydrogens is 498 g/mol. The standard InChI is InChI=1S/C20H28O.C12H11N7/c1-3-20(21)13-11-18-17-9-8-14-6-4-5-7-15(14)16(17)10-12-19(18,20)2;13-9-7(6-4-2-1-3-5-6)16-8-10(14)18-12(15)19-11(8)17-9/h1,6,15-18,21H,4-5,7-13H2,2H3;1-5H,(H6,13,14,15,17,18,19)/t15-,16+,17+,18-,19-,20-;/m0./s1. The molecule has 6 atom stereocenters. The lowest BCUT2D eigenvalue weighted by Crippen LogP contribution is -2.52. The van der Waals surface area contributed by atoms with Crippen LogP contribution in [0.2, 0.25) is 0 Å². The second-order valence-electron chi connectivity index (χ2n) is 12.3. The average Bonchev–Trinajstić information content (AvgIpc) is 3.24. The van der Waals surface area contributed by atoms with E-state index in [1.165, 1.54) is 38.5 Å². The summed E-state index contributed by atoms with van der Waals surface area (Å²) in [6, 6.07) is 9.47. The highest BCUT2D eigenvalue weighted by Gasteiger charge is 2.61. The molecule has 0 saturated heterocycles. The van der Waals surface area contributed by atoms with Crippen LogP contribution in [0.25, 0.3) is 22.4 Å². The maximum Gasteiger partial charge on any atom is 0.224 e. The van der Waals surface area contributed by atoms with Crippen LogP contribution >= 0.6 is 0 Å². The van der Waals surface area contributed by atoms with E-state index in [1.807, 2.05) is 30.3 Å². The van der Waals surface area contributed by atoms with Gasteiger partial charge in [0.25, 0.3) is 0 Å². The van der Waals surface area contributed by atoms with Gasteiger partial charge < -0.3 is 22.3 Å². The van der Waals surface area contributed by atoms with E-state index in [1.54, 1.807) is 5.57 Å². The fourth-order valence-electron chi connectivity index (χ4n) is 8.36. The third-order valence-electron chi connectivity index (χ3n) is 10.4. The van der Waals surface area contributed by atoms with Gasteiger partial charge in [-0.15, -0.1) is 6.42 Å². The van der Waals surface area contributed by atoms with E-state index in [4.69, 9.17) is 23.6 Å². The number of allylic oxidation sites excluding steroid dienone is 2. The predicted octanol–water partition coefficient (Wildman–Crippen LogP) is 5.15. The number of hydrogen-bond acceptors (Lipinski definition) is 8. The van der Waals surface area contributed by atoms with Gasteiger partial charge in [-0.2, -0.15) is 9.97 Å². The Morgan fingerprint density at radius 2 is 1.73 bits per heavy atom. The van der Waals surface area contributed by atoms with Crippen molar-refractivity contribution >= 4 is 28.7 Å². The topological polar surface area (TPSA) is 150 Å². The van der Waals surface area contributed by atoms with Crippen LogP contribution in [0, 0.1) is 41.4 Å². The first-order valence-corrected chi connectivity index (χ1v) is 14.5. The Bertz CT molecular complexity index is 1500. The Labute approximate surface area is 235 Å². The third kappa shape index (κ3) is 4.28. The molecule has 7 rings (SSSR count). The van der Waals surface area contributed by atoms with Crippen molar-refractivity contribution in [2.45, 2.75) is 70.3 Å². The quantitative estimate of drug-likeness (QED) is 0.246. The van der Waals surface area contributed by atoms with E-state index in [9.17, 15) is 5.11 Å². The van der Waals surface area contributed by atoms with Crippen LogP contribution in [0.5, 0.6) is 0 Å². The number of benzene rings is 1. The van der Waals surface area contributed by atoms with E-state index >= 15 is 0 Å². The lowest BCUT2D eigenvalue weighted by molar-refractivity contribution is -0.0857. The molecule has 0 unspecified atom stereocenters. The minimum absolute atomic E-state index is 0.0290. The van der Waals surface area contributed by atoms with Gasteiger partial charge in [-0.25, -0.2) is 9.97 Å². The molecule has 4 aliphatic rings. The molecule has 2 aromatic heterocycles. The molecule has 8 nitrogen and oxygen atoms in total. The number of terminal acetylenes is 1. The number of aliphatic hydroxyl groups is 1. The van der Waals surface area contributed by atoms with Crippen molar-refractivity contribution in [2.75, 3.05) is 17.2 Å². The van der Waals surface area contributed by atoms with Crippen molar-refractivity contribution in [3.8, 4) is 23.6 Å². The van der Waals surface area contributed by atoms with Crippen molar-refractivity contribution in [1.82, 2.24) is 19.9 Å². The van der Waals surface area contributed by atoms with Gasteiger partial charge in [0, 0.05) is 11.0 Å². The number of nitrogens with zero attached hydrogens (tertiary/aromatic N) is 4. The van der Waals surface area contributed by atoms with Gasteiger partial charge in [-0.3, -0.25) is 0 Å². The summed E-state index contributed by atoms with van der Waals surface area (Å²) in [7, 11) is 0. The van der Waals surface area contributed by atoms with E-state index in [2.05, 4.69) is 38.9 Å². The maximum atomic E-state index is 10.9. The van der Waals surface area contributed by atoms with Gasteiger partial charge in [-0.1, -0.05) is 54.8 Å². The number of anilines is 3. The van der Waals surface area contributed by atoms with Gasteiger partial charge in [0.1, 0.15) is 11.3 Å². The molecule has 2 heterocycles. The Morgan fingerprint density at radius 1 is 0.925 bits per heavy atom. The van der Waals surface area contributed by atoms with Crippen LogP contribution in [-0.2, 0) is 0 Å². The second kappa shape index (κ2) is 10.0. The van der Waals surface area contributed by atoms with Crippen molar-refractivity contribution < 1.29 is 5.11 Å². The highest BCUT2D eigenvalue weighted by molar-refractivity contribution is 5.87. The van der Waals surface area contributed by atoms with Crippen LogP contribution < -0.4 is 17.2 Å². The molecule has 0 aliphatic heterocycles. The third-order valence-corrected chi connectivity index (χ3v) is 10.4. The molecule has 7 N–H and O–H groups in total. The normalized spacial score (nSPS) is 32.5. The molecule has 8 heteroatoms. The summed E-state index contributed by atoms with van der Waals surface area (Å²) in [5, 5.41) is 10.9. The monoisotopic (exact) mass is 537 g/mol. The summed E-state index contributed by atoms with van der Waals surface area (Å²) < 4.78 is 0. The minimum atomic E-state index is -0.842. The van der Waals surface area contributed by atoms with E-state index in [0.29, 0.717) is 22.8 Å². The van der Waals surface area contributed by atoms with Gasteiger partial charge >= 0.3 is 0 Å². The molecule has 0 radical (unpaired) electrons. The van der Waals surface area contributed by atoms with Crippen LogP contribution in [0.15, 0.2) is 42.0 Å². The molecule has 4 aliphatic carbocycles. The van der Waals surface area contributed by atoms with Crippen LogP contribution in [0.3, 0.4) is 0 Å². The number of fused-ring (bicyclic) bond motifs is 6. The number of rotatable bonds is 1. The first-order chi connectivity index (χ1) is 19.2. The zero-order valence-corrected chi connectivity index (χ0v) is 23.2. The smallest absolute Gasteiger partial charge is 0.224 e. The molecule has 3 fully saturated rings. The zero-order valence-electron chi connectivity index (χ0n) is 23.2. The summed E-state index contributed by atoms with van der Waals surface area (Å²) in [5.74, 6) is 6.49. The van der Waals surface area contributed by atoms with Gasteiger partial charge in [0.05, 0.1) is 0 Å². The van der Waals surface area contributed by atoms with Gasteiger partial charge in [-0.05, 0) is 81.5 Å². The largest absolute Gasteiger partial charge is 0.382 e. The Balaban J connectivity index is 0.000000145. The van der Waals surface area contributed by atoms with Crippen LogP contribution in [0.1, 0.15) is 64.7 Å². The summed E-state index contributed by atoms with van der Waals surface area (Å²) in [5.41, 5.74) is 20.2. The summed E-state index contributed by atoms with van der Waals surface area (Å²) in [4.78, 5) is 16.4. The zero-order chi connectivity index (χ0) is 28.1. The fourth-order valence-corrected chi connectivity index (χ4v) is 8.36. The first-order valence-electron chi connectivity index (χ1n) is 14.5. The number of nitrogens with two attached hydrogens (primary N) is 3. The fraction of sp³-hybridized carbons (Fsp3) is 0.500. The van der Waals surface area contributed by atoms with Gasteiger partial charge in [0.2, 0.25) is 5.95 Å². The minimum Gasteiger partial charge on any atom is -0.382 e. The Morgan fingerprint density at radius 3 is 2.50 bits per heavy atom. The average molecular weight is 538 g/mol. The lowest BCUT2D eigenvalue weighted by atomic mass is 9.50. The van der Waals surface area contributed by atoms with Crippen LogP contribution in [0.4, 0.5) is 17.6 Å². The predicted molar refractivity (Wildman–Crippen MR) is 159 cm³/mol. The SMILES string of the molecule is C#C[C@]1(O)CC[C@H]2[C@@H]3CCC4=CCCC[C@@H]4[C@H]3CC[C@@]21C.Nc1nc(N)c2nc(-c3ccccc3)c(N)nc2n1.